The number of nitrogens with zero attached hydrogens (tertiary/aromatic N) is 4. The zero-order valence-corrected chi connectivity index (χ0v) is 19.0. The molecule has 0 aliphatic heterocycles. The van der Waals surface area contributed by atoms with Gasteiger partial charge in [-0.3, -0.25) is 10.1 Å². The van der Waals surface area contributed by atoms with Gasteiger partial charge in [-0.15, -0.1) is 0 Å². The van der Waals surface area contributed by atoms with Crippen molar-refractivity contribution in [3.05, 3.63) is 59.3 Å². The maximum Gasteiger partial charge on any atom is 0.321 e. The number of ether oxygens (including phenoxy) is 1. The zero-order chi connectivity index (χ0) is 23.6. The van der Waals surface area contributed by atoms with E-state index in [1.807, 2.05) is 51.2 Å². The fourth-order valence-corrected chi connectivity index (χ4v) is 3.52. The van der Waals surface area contributed by atoms with Crippen LogP contribution in [0.15, 0.2) is 53.7 Å². The van der Waals surface area contributed by atoms with Crippen molar-refractivity contribution in [2.75, 3.05) is 19.0 Å². The first-order chi connectivity index (χ1) is 15.8. The van der Waals surface area contributed by atoms with Crippen LogP contribution in [0.4, 0.5) is 10.7 Å². The SMILES string of the molecule is CCNC(=O)Nc1nc2cc(-c3ccn(CC(C)(C)OC)c(=O)c3)cc(-n3cccn3)c2[nH]1. The number of aromatic nitrogens is 5. The second-order valence-electron chi connectivity index (χ2n) is 8.26. The second kappa shape index (κ2) is 8.91. The Morgan fingerprint density at radius 3 is 2.70 bits per heavy atom. The van der Waals surface area contributed by atoms with Gasteiger partial charge in [-0.1, -0.05) is 0 Å². The number of amides is 2. The van der Waals surface area contributed by atoms with E-state index in [4.69, 9.17) is 4.74 Å². The van der Waals surface area contributed by atoms with Gasteiger partial charge in [0.15, 0.2) is 0 Å². The van der Waals surface area contributed by atoms with Crippen molar-refractivity contribution >= 4 is 23.0 Å². The molecule has 4 rings (SSSR count). The summed E-state index contributed by atoms with van der Waals surface area (Å²) in [6, 6.07) is 8.77. The average Bonchev–Trinajstić information content (AvgIpc) is 3.44. The van der Waals surface area contributed by atoms with Crippen LogP contribution in [0.2, 0.25) is 0 Å². The lowest BCUT2D eigenvalue weighted by molar-refractivity contribution is 0.00739. The van der Waals surface area contributed by atoms with E-state index in [0.29, 0.717) is 30.1 Å². The molecule has 1 aromatic carbocycles. The van der Waals surface area contributed by atoms with Crippen LogP contribution in [0.1, 0.15) is 20.8 Å². The highest BCUT2D eigenvalue weighted by Gasteiger charge is 2.18. The van der Waals surface area contributed by atoms with E-state index in [9.17, 15) is 9.59 Å². The molecule has 2 amide bonds. The molecule has 3 heterocycles. The Morgan fingerprint density at radius 1 is 1.21 bits per heavy atom. The molecule has 3 aromatic heterocycles. The quantitative estimate of drug-likeness (QED) is 0.400. The van der Waals surface area contributed by atoms with Crippen LogP contribution in [0.3, 0.4) is 0 Å². The van der Waals surface area contributed by atoms with Gasteiger partial charge in [0.1, 0.15) is 0 Å². The molecule has 0 atom stereocenters. The Labute approximate surface area is 190 Å². The Kier molecular flexibility index (Phi) is 6.01. The number of methoxy groups -OCH3 is 1. The first-order valence-corrected chi connectivity index (χ1v) is 10.6. The van der Waals surface area contributed by atoms with Gasteiger partial charge >= 0.3 is 6.03 Å². The molecule has 4 aromatic rings. The number of urea groups is 1. The summed E-state index contributed by atoms with van der Waals surface area (Å²) in [7, 11) is 1.63. The van der Waals surface area contributed by atoms with Crippen molar-refractivity contribution < 1.29 is 9.53 Å². The van der Waals surface area contributed by atoms with E-state index in [2.05, 4.69) is 25.7 Å². The van der Waals surface area contributed by atoms with E-state index >= 15 is 0 Å². The molecule has 10 heteroatoms. The molecule has 0 aliphatic carbocycles. The number of pyridine rings is 1. The summed E-state index contributed by atoms with van der Waals surface area (Å²) in [4.78, 5) is 32.4. The number of benzene rings is 1. The van der Waals surface area contributed by atoms with Gasteiger partial charge in [0, 0.05) is 38.3 Å². The molecule has 0 spiro atoms. The van der Waals surface area contributed by atoms with Gasteiger partial charge in [0.2, 0.25) is 5.95 Å². The number of carbonyl (C=O) groups is 1. The molecule has 10 nitrogen and oxygen atoms in total. The number of hydrogen-bond acceptors (Lipinski definition) is 5. The standard InChI is InChI=1S/C23H27N7O3/c1-5-24-22(32)28-21-26-17-11-16(12-18(20(17)27-21)30-9-6-8-25-30)15-7-10-29(19(31)13-15)14-23(2,3)33-4/h6-13H,5,14H2,1-4H3,(H3,24,26,27,28,32). The lowest BCUT2D eigenvalue weighted by atomic mass is 10.0. The molecular formula is C23H27N7O3. The first kappa shape index (κ1) is 22.3. The Balaban J connectivity index is 1.77. The van der Waals surface area contributed by atoms with Crippen LogP contribution in [0.5, 0.6) is 0 Å². The number of rotatable bonds is 7. The molecule has 172 valence electrons. The van der Waals surface area contributed by atoms with Gasteiger partial charge in [0.05, 0.1) is 28.9 Å². The number of anilines is 1. The second-order valence-corrected chi connectivity index (χ2v) is 8.26. The highest BCUT2D eigenvalue weighted by Crippen LogP contribution is 2.29. The van der Waals surface area contributed by atoms with Gasteiger partial charge in [0.25, 0.3) is 5.56 Å². The molecule has 0 unspecified atom stereocenters. The molecule has 0 saturated heterocycles. The average molecular weight is 450 g/mol. The van der Waals surface area contributed by atoms with Crippen LogP contribution in [0, 0.1) is 0 Å². The summed E-state index contributed by atoms with van der Waals surface area (Å²) < 4.78 is 8.78. The monoisotopic (exact) mass is 449 g/mol. The molecule has 33 heavy (non-hydrogen) atoms. The highest BCUT2D eigenvalue weighted by atomic mass is 16.5. The van der Waals surface area contributed by atoms with Crippen molar-refractivity contribution in [3.63, 3.8) is 0 Å². The van der Waals surface area contributed by atoms with Crippen LogP contribution >= 0.6 is 0 Å². The number of aromatic amines is 1. The number of carbonyl (C=O) groups excluding carboxylic acids is 1. The first-order valence-electron chi connectivity index (χ1n) is 10.6. The van der Waals surface area contributed by atoms with Crippen molar-refractivity contribution in [2.45, 2.75) is 32.9 Å². The number of nitrogens with one attached hydrogen (secondary N) is 3. The van der Waals surface area contributed by atoms with E-state index in [-0.39, 0.29) is 11.6 Å². The van der Waals surface area contributed by atoms with E-state index in [0.717, 1.165) is 16.8 Å². The van der Waals surface area contributed by atoms with Crippen molar-refractivity contribution in [1.29, 1.82) is 0 Å². The van der Waals surface area contributed by atoms with E-state index in [1.165, 1.54) is 0 Å². The molecule has 0 fully saturated rings. The molecule has 3 N–H and O–H groups in total. The lowest BCUT2D eigenvalue weighted by Gasteiger charge is -2.23. The van der Waals surface area contributed by atoms with Crippen LogP contribution < -0.4 is 16.2 Å². The molecule has 0 aliphatic rings. The third-order valence-electron chi connectivity index (χ3n) is 5.33. The van der Waals surface area contributed by atoms with Crippen LogP contribution in [-0.4, -0.2) is 49.6 Å². The van der Waals surface area contributed by atoms with Crippen molar-refractivity contribution in [3.8, 4) is 16.8 Å². The summed E-state index contributed by atoms with van der Waals surface area (Å²) in [6.45, 7) is 6.64. The molecular weight excluding hydrogens is 422 g/mol. The normalized spacial score (nSPS) is 11.6. The Bertz CT molecular complexity index is 1340. The minimum Gasteiger partial charge on any atom is -0.377 e. The van der Waals surface area contributed by atoms with E-state index < -0.39 is 5.60 Å². The minimum absolute atomic E-state index is 0.126. The number of imidazole rings is 1. The lowest BCUT2D eigenvalue weighted by Crippen LogP contribution is -2.34. The van der Waals surface area contributed by atoms with Crippen LogP contribution in [0.25, 0.3) is 27.8 Å². The number of fused-ring (bicyclic) bond motifs is 1. The summed E-state index contributed by atoms with van der Waals surface area (Å²) in [5.41, 5.74) is 3.06. The summed E-state index contributed by atoms with van der Waals surface area (Å²) >= 11 is 0. The highest BCUT2D eigenvalue weighted by molar-refractivity contribution is 5.94. The van der Waals surface area contributed by atoms with E-state index in [1.54, 1.807) is 34.8 Å². The minimum atomic E-state index is -0.458. The third-order valence-corrected chi connectivity index (χ3v) is 5.33. The fourth-order valence-electron chi connectivity index (χ4n) is 3.52. The maximum absolute atomic E-state index is 12.8. The predicted molar refractivity (Wildman–Crippen MR) is 127 cm³/mol. The van der Waals surface area contributed by atoms with Gasteiger partial charge in [-0.2, -0.15) is 5.10 Å². The van der Waals surface area contributed by atoms with Gasteiger partial charge in [-0.05, 0) is 56.2 Å². The summed E-state index contributed by atoms with van der Waals surface area (Å²) in [5, 5.41) is 9.71. The van der Waals surface area contributed by atoms with Crippen molar-refractivity contribution in [1.82, 2.24) is 29.6 Å². The maximum atomic E-state index is 12.8. The number of H-pyrrole nitrogens is 1. The number of hydrogen-bond donors (Lipinski definition) is 3. The fraction of sp³-hybridized carbons (Fsp3) is 0.304. The third kappa shape index (κ3) is 4.80. The Hall–Kier alpha value is -3.92. The summed E-state index contributed by atoms with van der Waals surface area (Å²) in [6.07, 6.45) is 5.27. The topological polar surface area (TPSA) is 119 Å². The smallest absolute Gasteiger partial charge is 0.321 e. The molecule has 0 bridgehead atoms. The largest absolute Gasteiger partial charge is 0.377 e. The molecule has 0 saturated carbocycles. The zero-order valence-electron chi connectivity index (χ0n) is 19.0. The molecule has 0 radical (unpaired) electrons. The van der Waals surface area contributed by atoms with Crippen molar-refractivity contribution in [2.24, 2.45) is 0 Å². The summed E-state index contributed by atoms with van der Waals surface area (Å²) in [5.74, 6) is 0.318. The van der Waals surface area contributed by atoms with Gasteiger partial charge in [-0.25, -0.2) is 14.5 Å². The van der Waals surface area contributed by atoms with Gasteiger partial charge < -0.3 is 19.6 Å². The predicted octanol–water partition coefficient (Wildman–Crippen LogP) is 3.14. The Morgan fingerprint density at radius 2 is 2.03 bits per heavy atom. The van der Waals surface area contributed by atoms with Crippen LogP contribution in [-0.2, 0) is 11.3 Å².